The zero-order valence-electron chi connectivity index (χ0n) is 18.7. The average molecular weight is 486 g/mol. The lowest BCUT2D eigenvalue weighted by Gasteiger charge is -2.26. The van der Waals surface area contributed by atoms with Crippen molar-refractivity contribution in [3.8, 4) is 11.5 Å². The molecule has 0 spiro atoms. The predicted molar refractivity (Wildman–Crippen MR) is 125 cm³/mol. The Hall–Kier alpha value is -3.85. The number of allylic oxidation sites excluding steroid dienone is 1. The Morgan fingerprint density at radius 3 is 2.32 bits per heavy atom. The molecule has 1 atom stereocenters. The van der Waals surface area contributed by atoms with Crippen LogP contribution in [0.1, 0.15) is 20.3 Å². The standard InChI is InChI=1S/C24H24ClN3O6/c1-3-5-22(30)28(26-21(29)15-34-19-10-6-16(25)7-11-19)20-14-23(31)27(24(20)32)17-8-12-18(13-9-17)33-4-2/h3,5-13,20H,4,14-15H2,1-2H3,(H,26,29). The molecule has 1 aliphatic rings. The summed E-state index contributed by atoms with van der Waals surface area (Å²) in [4.78, 5) is 52.0. The van der Waals surface area contributed by atoms with Crippen LogP contribution >= 0.6 is 11.6 Å². The Morgan fingerprint density at radius 1 is 1.09 bits per heavy atom. The predicted octanol–water partition coefficient (Wildman–Crippen LogP) is 2.89. The van der Waals surface area contributed by atoms with Gasteiger partial charge in [-0.15, -0.1) is 0 Å². The van der Waals surface area contributed by atoms with E-state index in [-0.39, 0.29) is 6.42 Å². The highest BCUT2D eigenvalue weighted by Gasteiger charge is 2.45. The summed E-state index contributed by atoms with van der Waals surface area (Å²) in [6, 6.07) is 11.6. The van der Waals surface area contributed by atoms with Crippen molar-refractivity contribution >= 4 is 40.9 Å². The first-order valence-corrected chi connectivity index (χ1v) is 10.9. The Balaban J connectivity index is 1.74. The van der Waals surface area contributed by atoms with Gasteiger partial charge in [0.2, 0.25) is 5.91 Å². The van der Waals surface area contributed by atoms with Gasteiger partial charge in [-0.2, -0.15) is 0 Å². The molecule has 4 amide bonds. The van der Waals surface area contributed by atoms with Crippen molar-refractivity contribution in [1.29, 1.82) is 0 Å². The number of nitrogens with one attached hydrogen (secondary N) is 1. The molecule has 0 saturated carbocycles. The minimum Gasteiger partial charge on any atom is -0.494 e. The fourth-order valence-electron chi connectivity index (χ4n) is 3.30. The second kappa shape index (κ2) is 11.3. The van der Waals surface area contributed by atoms with Gasteiger partial charge in [0.05, 0.1) is 18.7 Å². The van der Waals surface area contributed by atoms with Gasteiger partial charge in [0, 0.05) is 11.1 Å². The molecule has 1 fully saturated rings. The summed E-state index contributed by atoms with van der Waals surface area (Å²) in [7, 11) is 0. The maximum Gasteiger partial charge on any atom is 0.276 e. The lowest BCUT2D eigenvalue weighted by Crippen LogP contribution is -2.55. The topological polar surface area (TPSA) is 105 Å². The molecule has 1 unspecified atom stereocenters. The Labute approximate surface area is 201 Å². The van der Waals surface area contributed by atoms with Gasteiger partial charge < -0.3 is 9.47 Å². The van der Waals surface area contributed by atoms with Gasteiger partial charge in [-0.05, 0) is 62.4 Å². The van der Waals surface area contributed by atoms with Crippen LogP contribution in [0, 0.1) is 0 Å². The third-order valence-electron chi connectivity index (χ3n) is 4.82. The molecule has 1 aliphatic heterocycles. The number of hydrazine groups is 1. The van der Waals surface area contributed by atoms with E-state index < -0.39 is 36.3 Å². The fraction of sp³-hybridized carbons (Fsp3) is 0.250. The summed E-state index contributed by atoms with van der Waals surface area (Å²) in [5.74, 6) is -1.45. The first-order valence-electron chi connectivity index (χ1n) is 10.6. The highest BCUT2D eigenvalue weighted by molar-refractivity contribution is 6.30. The number of nitrogens with zero attached hydrogens (tertiary/aromatic N) is 2. The molecule has 1 N–H and O–H groups in total. The van der Waals surface area contributed by atoms with E-state index in [1.54, 1.807) is 55.5 Å². The average Bonchev–Trinajstić information content (AvgIpc) is 3.11. The summed E-state index contributed by atoms with van der Waals surface area (Å²) >= 11 is 5.83. The van der Waals surface area contributed by atoms with Crippen LogP contribution in [-0.2, 0) is 19.2 Å². The zero-order valence-corrected chi connectivity index (χ0v) is 19.4. The smallest absolute Gasteiger partial charge is 0.276 e. The maximum atomic E-state index is 13.1. The van der Waals surface area contributed by atoms with Gasteiger partial charge in [0.25, 0.3) is 17.7 Å². The number of amides is 4. The molecule has 2 aromatic rings. The van der Waals surface area contributed by atoms with Crippen molar-refractivity contribution in [2.75, 3.05) is 18.1 Å². The van der Waals surface area contributed by atoms with Crippen LogP contribution in [0.15, 0.2) is 60.7 Å². The monoisotopic (exact) mass is 485 g/mol. The van der Waals surface area contributed by atoms with E-state index in [0.29, 0.717) is 28.8 Å². The van der Waals surface area contributed by atoms with E-state index in [2.05, 4.69) is 5.43 Å². The van der Waals surface area contributed by atoms with E-state index in [1.807, 2.05) is 6.92 Å². The lowest BCUT2D eigenvalue weighted by atomic mass is 10.2. The number of carbonyl (C=O) groups excluding carboxylic acids is 4. The van der Waals surface area contributed by atoms with Crippen molar-refractivity contribution in [3.05, 3.63) is 65.7 Å². The van der Waals surface area contributed by atoms with Crippen molar-refractivity contribution in [2.45, 2.75) is 26.3 Å². The normalized spacial score (nSPS) is 15.5. The zero-order chi connectivity index (χ0) is 24.7. The van der Waals surface area contributed by atoms with E-state index >= 15 is 0 Å². The van der Waals surface area contributed by atoms with E-state index in [4.69, 9.17) is 21.1 Å². The van der Waals surface area contributed by atoms with Crippen LogP contribution in [0.5, 0.6) is 11.5 Å². The van der Waals surface area contributed by atoms with Crippen LogP contribution in [0.2, 0.25) is 5.02 Å². The van der Waals surface area contributed by atoms with Crippen LogP contribution in [0.4, 0.5) is 5.69 Å². The molecule has 34 heavy (non-hydrogen) atoms. The quantitative estimate of drug-likeness (QED) is 0.350. The number of halogens is 1. The van der Waals surface area contributed by atoms with E-state index in [9.17, 15) is 19.2 Å². The fourth-order valence-corrected chi connectivity index (χ4v) is 3.43. The van der Waals surface area contributed by atoms with Crippen molar-refractivity contribution in [1.82, 2.24) is 10.4 Å². The first kappa shape index (κ1) is 24.8. The van der Waals surface area contributed by atoms with Crippen molar-refractivity contribution in [2.24, 2.45) is 0 Å². The van der Waals surface area contributed by atoms with Gasteiger partial charge in [-0.1, -0.05) is 17.7 Å². The van der Waals surface area contributed by atoms with E-state index in [1.165, 1.54) is 12.2 Å². The van der Waals surface area contributed by atoms with Gasteiger partial charge in [0.1, 0.15) is 17.5 Å². The second-order valence-corrected chi connectivity index (χ2v) is 7.64. The summed E-state index contributed by atoms with van der Waals surface area (Å²) in [6.45, 7) is 3.53. The van der Waals surface area contributed by atoms with Crippen molar-refractivity contribution in [3.63, 3.8) is 0 Å². The minimum atomic E-state index is -1.21. The molecule has 9 nitrogen and oxygen atoms in total. The third kappa shape index (κ3) is 5.93. The molecule has 0 bridgehead atoms. The van der Waals surface area contributed by atoms with Gasteiger partial charge in [-0.3, -0.25) is 24.6 Å². The molecule has 10 heteroatoms. The molecule has 0 radical (unpaired) electrons. The molecule has 0 aromatic heterocycles. The Morgan fingerprint density at radius 2 is 1.71 bits per heavy atom. The third-order valence-corrected chi connectivity index (χ3v) is 5.07. The van der Waals surface area contributed by atoms with E-state index in [0.717, 1.165) is 9.91 Å². The maximum absolute atomic E-state index is 13.1. The summed E-state index contributed by atoms with van der Waals surface area (Å²) < 4.78 is 10.8. The van der Waals surface area contributed by atoms with Crippen LogP contribution in [0.25, 0.3) is 0 Å². The van der Waals surface area contributed by atoms with Gasteiger partial charge in [-0.25, -0.2) is 9.91 Å². The van der Waals surface area contributed by atoms with Crippen LogP contribution < -0.4 is 19.8 Å². The molecule has 178 valence electrons. The number of benzene rings is 2. The number of rotatable bonds is 8. The van der Waals surface area contributed by atoms with Crippen LogP contribution in [0.3, 0.4) is 0 Å². The number of imide groups is 1. The molecular formula is C24H24ClN3O6. The van der Waals surface area contributed by atoms with Gasteiger partial charge >= 0.3 is 0 Å². The summed E-state index contributed by atoms with van der Waals surface area (Å²) in [5.41, 5.74) is 2.74. The number of ether oxygens (including phenoxy) is 2. The molecule has 3 rings (SSSR count). The first-order chi connectivity index (χ1) is 16.3. The highest BCUT2D eigenvalue weighted by Crippen LogP contribution is 2.27. The number of hydrogen-bond acceptors (Lipinski definition) is 6. The summed E-state index contributed by atoms with van der Waals surface area (Å²) in [6.07, 6.45) is 2.38. The Kier molecular flexibility index (Phi) is 8.26. The SMILES string of the molecule is CC=CC(=O)N(NC(=O)COc1ccc(Cl)cc1)C1CC(=O)N(c2ccc(OCC)cc2)C1=O. The van der Waals surface area contributed by atoms with Crippen molar-refractivity contribution < 1.29 is 28.7 Å². The van der Waals surface area contributed by atoms with Gasteiger partial charge in [0.15, 0.2) is 6.61 Å². The lowest BCUT2D eigenvalue weighted by molar-refractivity contribution is -0.144. The number of anilines is 1. The molecule has 1 heterocycles. The molecular weight excluding hydrogens is 462 g/mol. The molecule has 2 aromatic carbocycles. The molecule has 1 saturated heterocycles. The number of carbonyl (C=O) groups is 4. The highest BCUT2D eigenvalue weighted by atomic mass is 35.5. The molecule has 0 aliphatic carbocycles. The second-order valence-electron chi connectivity index (χ2n) is 7.20. The van der Waals surface area contributed by atoms with Crippen LogP contribution in [-0.4, -0.2) is 47.9 Å². The summed E-state index contributed by atoms with van der Waals surface area (Å²) in [5, 5.41) is 1.38. The number of hydrogen-bond donors (Lipinski definition) is 1. The Bertz CT molecular complexity index is 1080. The largest absolute Gasteiger partial charge is 0.494 e. The minimum absolute atomic E-state index is 0.284.